The van der Waals surface area contributed by atoms with Crippen LogP contribution in [0.15, 0.2) is 24.3 Å². The summed E-state index contributed by atoms with van der Waals surface area (Å²) in [5.74, 6) is 0.128. The zero-order chi connectivity index (χ0) is 19.1. The number of carbonyl (C=O) groups excluding carboxylic acids is 2. The van der Waals surface area contributed by atoms with Gasteiger partial charge >= 0.3 is 5.97 Å². The largest absolute Gasteiger partial charge is 0.497 e. The molecular formula is C17H23N5O4. The van der Waals surface area contributed by atoms with Gasteiger partial charge in [0.1, 0.15) is 18.3 Å². The molecule has 26 heavy (non-hydrogen) atoms. The Hall–Kier alpha value is -2.97. The van der Waals surface area contributed by atoms with Crippen molar-refractivity contribution in [3.63, 3.8) is 0 Å². The number of benzene rings is 1. The van der Waals surface area contributed by atoms with Gasteiger partial charge in [-0.05, 0) is 23.3 Å². The number of ether oxygens (including phenoxy) is 2. The molecule has 0 spiro atoms. The van der Waals surface area contributed by atoms with Crippen molar-refractivity contribution in [1.82, 2.24) is 25.5 Å². The molecule has 140 valence electrons. The van der Waals surface area contributed by atoms with Crippen LogP contribution in [0.3, 0.4) is 0 Å². The molecule has 2 atom stereocenters. The van der Waals surface area contributed by atoms with Crippen LogP contribution in [-0.2, 0) is 20.9 Å². The second-order valence-corrected chi connectivity index (χ2v) is 5.83. The Kier molecular flexibility index (Phi) is 6.65. The third-order valence-corrected chi connectivity index (χ3v) is 4.05. The summed E-state index contributed by atoms with van der Waals surface area (Å²) in [7, 11) is 2.87. The predicted octanol–water partition coefficient (Wildman–Crippen LogP) is 1.05. The molecule has 1 aromatic carbocycles. The lowest BCUT2D eigenvalue weighted by Crippen LogP contribution is -2.46. The Morgan fingerprint density at radius 3 is 2.73 bits per heavy atom. The van der Waals surface area contributed by atoms with Crippen molar-refractivity contribution < 1.29 is 19.1 Å². The number of nitrogens with zero attached hydrogens (tertiary/aromatic N) is 4. The van der Waals surface area contributed by atoms with Crippen LogP contribution < -0.4 is 10.1 Å². The molecule has 0 saturated carbocycles. The molecule has 0 aliphatic carbocycles. The third kappa shape index (κ3) is 4.78. The van der Waals surface area contributed by atoms with Gasteiger partial charge in [0.05, 0.1) is 14.2 Å². The van der Waals surface area contributed by atoms with Crippen LogP contribution in [0, 0.1) is 5.92 Å². The second kappa shape index (κ2) is 8.93. The number of nitrogens with one attached hydrogen (secondary N) is 1. The van der Waals surface area contributed by atoms with E-state index in [1.165, 1.54) is 11.9 Å². The molecule has 0 saturated heterocycles. The van der Waals surface area contributed by atoms with Crippen LogP contribution in [0.4, 0.5) is 0 Å². The van der Waals surface area contributed by atoms with E-state index in [1.54, 1.807) is 13.2 Å². The van der Waals surface area contributed by atoms with Crippen LogP contribution in [0.1, 0.15) is 20.3 Å². The van der Waals surface area contributed by atoms with Crippen molar-refractivity contribution in [2.45, 2.75) is 32.9 Å². The average Bonchev–Trinajstić information content (AvgIpc) is 3.13. The van der Waals surface area contributed by atoms with Crippen molar-refractivity contribution in [2.24, 2.45) is 5.92 Å². The van der Waals surface area contributed by atoms with Gasteiger partial charge in [0.15, 0.2) is 0 Å². The maximum absolute atomic E-state index is 12.2. The molecule has 9 heteroatoms. The van der Waals surface area contributed by atoms with E-state index in [0.717, 1.165) is 12.0 Å². The number of aromatic nitrogens is 4. The summed E-state index contributed by atoms with van der Waals surface area (Å²) in [4.78, 5) is 25.3. The molecule has 2 rings (SSSR count). The molecule has 0 aliphatic heterocycles. The van der Waals surface area contributed by atoms with Crippen LogP contribution in [-0.4, -0.2) is 52.3 Å². The standard InChI is InChI=1S/C17H23N5O4/c1-5-11(2)15(17(24)26-4)18-14(23)10-22-20-16(19-21-22)12-7-6-8-13(9-12)25-3/h6-9,11,15H,5,10H2,1-4H3,(H,18,23)/t11-,15+/m1/s1. The van der Waals surface area contributed by atoms with E-state index in [1.807, 2.05) is 32.0 Å². The van der Waals surface area contributed by atoms with Gasteiger partial charge in [0, 0.05) is 5.56 Å². The molecule has 2 aromatic rings. The van der Waals surface area contributed by atoms with Gasteiger partial charge in [0.25, 0.3) is 0 Å². The number of esters is 1. The Labute approximate surface area is 151 Å². The summed E-state index contributed by atoms with van der Waals surface area (Å²) < 4.78 is 9.92. The molecule has 1 amide bonds. The second-order valence-electron chi connectivity index (χ2n) is 5.83. The number of methoxy groups -OCH3 is 2. The number of rotatable bonds is 8. The molecule has 0 unspecified atom stereocenters. The van der Waals surface area contributed by atoms with E-state index >= 15 is 0 Å². The minimum atomic E-state index is -0.709. The normalized spacial score (nSPS) is 12.9. The summed E-state index contributed by atoms with van der Waals surface area (Å²) in [6.45, 7) is 3.66. The van der Waals surface area contributed by atoms with Gasteiger partial charge in [-0.2, -0.15) is 4.80 Å². The Morgan fingerprint density at radius 2 is 2.08 bits per heavy atom. The van der Waals surface area contributed by atoms with E-state index in [2.05, 4.69) is 20.7 Å². The van der Waals surface area contributed by atoms with Gasteiger partial charge in [-0.3, -0.25) is 4.79 Å². The molecule has 0 bridgehead atoms. The van der Waals surface area contributed by atoms with Gasteiger partial charge in [0.2, 0.25) is 11.7 Å². The fourth-order valence-corrected chi connectivity index (χ4v) is 2.33. The molecule has 9 nitrogen and oxygen atoms in total. The van der Waals surface area contributed by atoms with Crippen LogP contribution in [0.2, 0.25) is 0 Å². The summed E-state index contributed by atoms with van der Waals surface area (Å²) in [5.41, 5.74) is 0.725. The minimum Gasteiger partial charge on any atom is -0.497 e. The zero-order valence-corrected chi connectivity index (χ0v) is 15.3. The minimum absolute atomic E-state index is 0.0533. The summed E-state index contributed by atoms with van der Waals surface area (Å²) in [6, 6.07) is 6.51. The van der Waals surface area contributed by atoms with Gasteiger partial charge in [-0.15, -0.1) is 10.2 Å². The van der Waals surface area contributed by atoms with Crippen molar-refractivity contribution in [2.75, 3.05) is 14.2 Å². The first kappa shape index (κ1) is 19.4. The molecule has 1 N–H and O–H groups in total. The van der Waals surface area contributed by atoms with Gasteiger partial charge < -0.3 is 14.8 Å². The van der Waals surface area contributed by atoms with Crippen molar-refractivity contribution in [3.8, 4) is 17.1 Å². The maximum Gasteiger partial charge on any atom is 0.328 e. The lowest BCUT2D eigenvalue weighted by atomic mass is 9.99. The highest BCUT2D eigenvalue weighted by molar-refractivity contribution is 5.84. The lowest BCUT2D eigenvalue weighted by molar-refractivity contribution is -0.146. The highest BCUT2D eigenvalue weighted by Crippen LogP contribution is 2.19. The molecule has 1 aromatic heterocycles. The SMILES string of the molecule is CC[C@@H](C)[C@H](NC(=O)Cn1nnc(-c2cccc(OC)c2)n1)C(=O)OC. The smallest absolute Gasteiger partial charge is 0.328 e. The molecular weight excluding hydrogens is 338 g/mol. The highest BCUT2D eigenvalue weighted by Gasteiger charge is 2.26. The number of hydrogen-bond donors (Lipinski definition) is 1. The van der Waals surface area contributed by atoms with E-state index in [4.69, 9.17) is 9.47 Å². The van der Waals surface area contributed by atoms with Crippen LogP contribution >= 0.6 is 0 Å². The molecule has 0 aliphatic rings. The van der Waals surface area contributed by atoms with Crippen molar-refractivity contribution in [3.05, 3.63) is 24.3 Å². The first-order valence-corrected chi connectivity index (χ1v) is 8.27. The lowest BCUT2D eigenvalue weighted by Gasteiger charge is -2.21. The van der Waals surface area contributed by atoms with Crippen molar-refractivity contribution in [1.29, 1.82) is 0 Å². The average molecular weight is 361 g/mol. The predicted molar refractivity (Wildman–Crippen MR) is 93.2 cm³/mol. The van der Waals surface area contributed by atoms with Crippen molar-refractivity contribution >= 4 is 11.9 Å². The fourth-order valence-electron chi connectivity index (χ4n) is 2.33. The summed E-state index contributed by atoms with van der Waals surface area (Å²) in [5, 5.41) is 14.7. The molecule has 0 fully saturated rings. The topological polar surface area (TPSA) is 108 Å². The quantitative estimate of drug-likeness (QED) is 0.700. The van der Waals surface area contributed by atoms with E-state index in [9.17, 15) is 9.59 Å². The van der Waals surface area contributed by atoms with E-state index < -0.39 is 17.9 Å². The number of tetrazole rings is 1. The number of carbonyl (C=O) groups is 2. The molecule has 0 radical (unpaired) electrons. The first-order chi connectivity index (χ1) is 12.5. The number of amides is 1. The summed E-state index contributed by atoms with van der Waals surface area (Å²) in [6.07, 6.45) is 0.724. The van der Waals surface area contributed by atoms with Gasteiger partial charge in [-0.1, -0.05) is 32.4 Å². The highest BCUT2D eigenvalue weighted by atomic mass is 16.5. The Bertz CT molecular complexity index is 761. The number of hydrogen-bond acceptors (Lipinski definition) is 7. The third-order valence-electron chi connectivity index (χ3n) is 4.05. The monoisotopic (exact) mass is 361 g/mol. The van der Waals surface area contributed by atoms with Crippen LogP contribution in [0.5, 0.6) is 5.75 Å². The summed E-state index contributed by atoms with van der Waals surface area (Å²) >= 11 is 0. The molecule has 1 heterocycles. The van der Waals surface area contributed by atoms with Crippen LogP contribution in [0.25, 0.3) is 11.4 Å². The zero-order valence-electron chi connectivity index (χ0n) is 15.3. The van der Waals surface area contributed by atoms with E-state index in [0.29, 0.717) is 11.6 Å². The Morgan fingerprint density at radius 1 is 1.31 bits per heavy atom. The maximum atomic E-state index is 12.2. The van der Waals surface area contributed by atoms with E-state index in [-0.39, 0.29) is 12.5 Å². The fraction of sp³-hybridized carbons (Fsp3) is 0.471. The first-order valence-electron chi connectivity index (χ1n) is 8.27. The Balaban J connectivity index is 2.05. The van der Waals surface area contributed by atoms with Gasteiger partial charge in [-0.25, -0.2) is 4.79 Å².